The van der Waals surface area contributed by atoms with E-state index in [-0.39, 0.29) is 11.8 Å². The molecule has 0 N–H and O–H groups in total. The SMILES string of the molecule is CCCCCCON1C(=O)CCC(C)(C)C1=O. The van der Waals surface area contributed by atoms with Gasteiger partial charge in [-0.3, -0.25) is 14.4 Å². The molecule has 0 aromatic rings. The number of hydrogen-bond acceptors (Lipinski definition) is 3. The van der Waals surface area contributed by atoms with Crippen molar-refractivity contribution < 1.29 is 14.4 Å². The summed E-state index contributed by atoms with van der Waals surface area (Å²) in [5, 5.41) is 0.982. The zero-order valence-electron chi connectivity index (χ0n) is 11.1. The highest BCUT2D eigenvalue weighted by atomic mass is 16.7. The molecule has 0 aliphatic carbocycles. The summed E-state index contributed by atoms with van der Waals surface area (Å²) >= 11 is 0. The van der Waals surface area contributed by atoms with Crippen molar-refractivity contribution in [1.29, 1.82) is 0 Å². The molecule has 0 unspecified atom stereocenters. The average Bonchev–Trinajstić information content (AvgIpc) is 2.28. The van der Waals surface area contributed by atoms with Gasteiger partial charge in [0, 0.05) is 11.8 Å². The fourth-order valence-electron chi connectivity index (χ4n) is 1.83. The molecular formula is C13H23NO3. The molecule has 1 saturated heterocycles. The Morgan fingerprint density at radius 1 is 1.24 bits per heavy atom. The minimum Gasteiger partial charge on any atom is -0.272 e. The molecule has 1 aliphatic rings. The van der Waals surface area contributed by atoms with Gasteiger partial charge in [0.25, 0.3) is 11.8 Å². The lowest BCUT2D eigenvalue weighted by Crippen LogP contribution is -2.49. The third-order valence-electron chi connectivity index (χ3n) is 3.17. The maximum atomic E-state index is 12.0. The minimum absolute atomic E-state index is 0.204. The summed E-state index contributed by atoms with van der Waals surface area (Å²) in [6, 6.07) is 0. The van der Waals surface area contributed by atoms with Crippen molar-refractivity contribution in [1.82, 2.24) is 5.06 Å². The molecule has 1 heterocycles. The van der Waals surface area contributed by atoms with Crippen molar-refractivity contribution in [2.75, 3.05) is 6.61 Å². The summed E-state index contributed by atoms with van der Waals surface area (Å²) in [4.78, 5) is 28.9. The van der Waals surface area contributed by atoms with Crippen LogP contribution in [0.3, 0.4) is 0 Å². The molecule has 1 rings (SSSR count). The quantitative estimate of drug-likeness (QED) is 0.530. The summed E-state index contributed by atoms with van der Waals surface area (Å²) in [5.41, 5.74) is -0.475. The molecule has 0 bridgehead atoms. The van der Waals surface area contributed by atoms with Crippen LogP contribution in [0.5, 0.6) is 0 Å². The van der Waals surface area contributed by atoms with Gasteiger partial charge in [0.2, 0.25) is 0 Å². The van der Waals surface area contributed by atoms with Crippen LogP contribution in [0.4, 0.5) is 0 Å². The molecule has 4 nitrogen and oxygen atoms in total. The number of hydroxylamine groups is 2. The number of amides is 2. The highest BCUT2D eigenvalue weighted by Crippen LogP contribution is 2.30. The Morgan fingerprint density at radius 3 is 2.59 bits per heavy atom. The largest absolute Gasteiger partial charge is 0.272 e. The summed E-state index contributed by atoms with van der Waals surface area (Å²) in [6.45, 7) is 6.30. The van der Waals surface area contributed by atoms with E-state index < -0.39 is 5.41 Å². The predicted molar refractivity (Wildman–Crippen MR) is 65.0 cm³/mol. The zero-order chi connectivity index (χ0) is 12.9. The number of piperidine rings is 1. The monoisotopic (exact) mass is 241 g/mol. The van der Waals surface area contributed by atoms with Gasteiger partial charge in [-0.15, -0.1) is 0 Å². The Bertz CT molecular complexity index is 286. The van der Waals surface area contributed by atoms with Crippen molar-refractivity contribution in [2.24, 2.45) is 5.41 Å². The van der Waals surface area contributed by atoms with E-state index in [1.54, 1.807) is 0 Å². The van der Waals surface area contributed by atoms with Crippen LogP contribution in [-0.4, -0.2) is 23.5 Å². The molecule has 17 heavy (non-hydrogen) atoms. The van der Waals surface area contributed by atoms with Crippen LogP contribution in [0.2, 0.25) is 0 Å². The molecule has 2 amide bonds. The van der Waals surface area contributed by atoms with Gasteiger partial charge in [-0.1, -0.05) is 40.0 Å². The smallest absolute Gasteiger partial charge is 0.259 e. The van der Waals surface area contributed by atoms with Crippen LogP contribution in [0, 0.1) is 5.41 Å². The molecule has 0 spiro atoms. The van der Waals surface area contributed by atoms with Gasteiger partial charge in [-0.2, -0.15) is 5.06 Å². The standard InChI is InChI=1S/C13H23NO3/c1-4-5-6-7-10-17-14-11(15)8-9-13(2,3)12(14)16/h4-10H2,1-3H3. The van der Waals surface area contributed by atoms with Crippen LogP contribution >= 0.6 is 0 Å². The number of nitrogens with zero attached hydrogens (tertiary/aromatic N) is 1. The Balaban J connectivity index is 2.39. The molecule has 98 valence electrons. The lowest BCUT2D eigenvalue weighted by Gasteiger charge is -2.34. The predicted octanol–water partition coefficient (Wildman–Crippen LogP) is 2.67. The highest BCUT2D eigenvalue weighted by molar-refractivity contribution is 5.99. The van der Waals surface area contributed by atoms with Crippen molar-refractivity contribution in [3.8, 4) is 0 Å². The van der Waals surface area contributed by atoms with E-state index >= 15 is 0 Å². The highest BCUT2D eigenvalue weighted by Gasteiger charge is 2.41. The second kappa shape index (κ2) is 6.15. The van der Waals surface area contributed by atoms with Crippen LogP contribution in [0.15, 0.2) is 0 Å². The van der Waals surface area contributed by atoms with Gasteiger partial charge in [0.15, 0.2) is 0 Å². The van der Waals surface area contributed by atoms with Crippen molar-refractivity contribution >= 4 is 11.8 Å². The van der Waals surface area contributed by atoms with Crippen molar-refractivity contribution in [2.45, 2.75) is 59.3 Å². The minimum atomic E-state index is -0.475. The van der Waals surface area contributed by atoms with Crippen LogP contribution < -0.4 is 0 Å². The first-order chi connectivity index (χ1) is 7.99. The fraction of sp³-hybridized carbons (Fsp3) is 0.846. The lowest BCUT2D eigenvalue weighted by atomic mass is 9.84. The Morgan fingerprint density at radius 2 is 1.94 bits per heavy atom. The van der Waals surface area contributed by atoms with E-state index in [4.69, 9.17) is 4.84 Å². The molecule has 0 atom stereocenters. The van der Waals surface area contributed by atoms with E-state index in [9.17, 15) is 9.59 Å². The molecule has 0 saturated carbocycles. The first kappa shape index (κ1) is 14.2. The molecule has 4 heteroatoms. The molecular weight excluding hydrogens is 218 g/mol. The first-order valence-electron chi connectivity index (χ1n) is 6.49. The Kier molecular flexibility index (Phi) is 5.12. The number of hydrogen-bond donors (Lipinski definition) is 0. The lowest BCUT2D eigenvalue weighted by molar-refractivity contribution is -0.208. The van der Waals surface area contributed by atoms with Gasteiger partial charge >= 0.3 is 0 Å². The summed E-state index contributed by atoms with van der Waals surface area (Å²) in [6.07, 6.45) is 5.31. The number of rotatable bonds is 6. The molecule has 0 aromatic carbocycles. The van der Waals surface area contributed by atoms with Crippen molar-refractivity contribution in [3.05, 3.63) is 0 Å². The molecule has 0 radical (unpaired) electrons. The van der Waals surface area contributed by atoms with Gasteiger partial charge in [-0.25, -0.2) is 0 Å². The Labute approximate surface area is 103 Å². The third-order valence-corrected chi connectivity index (χ3v) is 3.17. The van der Waals surface area contributed by atoms with E-state index in [0.717, 1.165) is 30.7 Å². The summed E-state index contributed by atoms with van der Waals surface area (Å²) < 4.78 is 0. The van der Waals surface area contributed by atoms with Crippen molar-refractivity contribution in [3.63, 3.8) is 0 Å². The molecule has 0 aromatic heterocycles. The van der Waals surface area contributed by atoms with E-state index in [1.807, 2.05) is 13.8 Å². The van der Waals surface area contributed by atoms with E-state index in [2.05, 4.69) is 6.92 Å². The number of imide groups is 1. The second-order valence-corrected chi connectivity index (χ2v) is 5.27. The number of carbonyl (C=O) groups is 2. The second-order valence-electron chi connectivity index (χ2n) is 5.27. The number of carbonyl (C=O) groups excluding carboxylic acids is 2. The van der Waals surface area contributed by atoms with Gasteiger partial charge in [-0.05, 0) is 12.8 Å². The molecule has 1 fully saturated rings. The topological polar surface area (TPSA) is 46.6 Å². The normalized spacial score (nSPS) is 19.8. The molecule has 1 aliphatic heterocycles. The first-order valence-corrected chi connectivity index (χ1v) is 6.49. The maximum absolute atomic E-state index is 12.0. The van der Waals surface area contributed by atoms with E-state index in [0.29, 0.717) is 19.4 Å². The number of unbranched alkanes of at least 4 members (excludes halogenated alkanes) is 3. The van der Waals surface area contributed by atoms with E-state index in [1.165, 1.54) is 0 Å². The summed E-state index contributed by atoms with van der Waals surface area (Å²) in [5.74, 6) is -0.408. The van der Waals surface area contributed by atoms with Crippen LogP contribution in [0.1, 0.15) is 59.3 Å². The maximum Gasteiger partial charge on any atom is 0.259 e. The van der Waals surface area contributed by atoms with Crippen LogP contribution in [0.25, 0.3) is 0 Å². The fourth-order valence-corrected chi connectivity index (χ4v) is 1.83. The van der Waals surface area contributed by atoms with Gasteiger partial charge < -0.3 is 0 Å². The summed E-state index contributed by atoms with van der Waals surface area (Å²) in [7, 11) is 0. The van der Waals surface area contributed by atoms with Gasteiger partial charge in [0.05, 0.1) is 6.61 Å². The Hall–Kier alpha value is -0.900. The van der Waals surface area contributed by atoms with Gasteiger partial charge in [0.1, 0.15) is 0 Å². The average molecular weight is 241 g/mol. The van der Waals surface area contributed by atoms with Crippen LogP contribution in [-0.2, 0) is 14.4 Å². The zero-order valence-corrected chi connectivity index (χ0v) is 11.1. The third kappa shape index (κ3) is 3.80.